The zero-order chi connectivity index (χ0) is 30.1. The Labute approximate surface area is 239 Å². The number of pyridine rings is 1. The molecule has 41 heavy (non-hydrogen) atoms. The predicted octanol–water partition coefficient (Wildman–Crippen LogP) is 3.71. The summed E-state index contributed by atoms with van der Waals surface area (Å²) in [6, 6.07) is 4.78. The minimum Gasteiger partial charge on any atom is -0.491 e. The zero-order valence-electron chi connectivity index (χ0n) is 24.8. The van der Waals surface area contributed by atoms with Crippen molar-refractivity contribution in [3.05, 3.63) is 41.2 Å². The topological polar surface area (TPSA) is 138 Å². The number of hydrogen-bond acceptors (Lipinski definition) is 9. The number of aromatic nitrogens is 2. The Bertz CT molecular complexity index is 1490. The molecule has 11 nitrogen and oxygen atoms in total. The van der Waals surface area contributed by atoms with E-state index in [1.807, 2.05) is 17.9 Å². The molecule has 3 heterocycles. The van der Waals surface area contributed by atoms with Crippen molar-refractivity contribution in [2.24, 2.45) is 0 Å². The van der Waals surface area contributed by atoms with Crippen LogP contribution in [0, 0.1) is 0 Å². The highest BCUT2D eigenvalue weighted by Crippen LogP contribution is 2.43. The Balaban J connectivity index is 1.76. The second-order valence-electron chi connectivity index (χ2n) is 10.9. The van der Waals surface area contributed by atoms with E-state index in [0.717, 1.165) is 5.56 Å². The van der Waals surface area contributed by atoms with Gasteiger partial charge in [0.15, 0.2) is 17.2 Å². The number of ether oxygens (including phenoxy) is 3. The van der Waals surface area contributed by atoms with Crippen molar-refractivity contribution >= 4 is 40.1 Å². The van der Waals surface area contributed by atoms with Gasteiger partial charge in [0.2, 0.25) is 0 Å². The normalized spacial score (nSPS) is 13.8. The van der Waals surface area contributed by atoms with E-state index < -0.39 is 11.9 Å². The first-order valence-corrected chi connectivity index (χ1v) is 13.8. The van der Waals surface area contributed by atoms with Gasteiger partial charge in [0, 0.05) is 29.8 Å². The van der Waals surface area contributed by atoms with Gasteiger partial charge in [-0.25, -0.2) is 9.78 Å². The number of Topliss-reactive ketones (excluding diaryl/α,β-unsaturated/α-hetero) is 1. The number of amides is 1. The van der Waals surface area contributed by atoms with Crippen LogP contribution in [-0.2, 0) is 21.5 Å². The van der Waals surface area contributed by atoms with Crippen molar-refractivity contribution in [1.82, 2.24) is 14.9 Å². The molecule has 0 radical (unpaired) electrons. The van der Waals surface area contributed by atoms with Crippen molar-refractivity contribution in [1.29, 1.82) is 0 Å². The van der Waals surface area contributed by atoms with Crippen LogP contribution in [0.2, 0.25) is 0 Å². The van der Waals surface area contributed by atoms with Crippen LogP contribution in [0.15, 0.2) is 24.4 Å². The summed E-state index contributed by atoms with van der Waals surface area (Å²) in [6.07, 6.45) is 1.73. The molecule has 1 aliphatic rings. The highest BCUT2D eigenvalue weighted by atomic mass is 16.5. The summed E-state index contributed by atoms with van der Waals surface area (Å²) in [5, 5.41) is 3.21. The Morgan fingerprint density at radius 3 is 2.54 bits per heavy atom. The second kappa shape index (κ2) is 11.7. The van der Waals surface area contributed by atoms with Crippen LogP contribution in [0.25, 0.3) is 10.9 Å². The van der Waals surface area contributed by atoms with Gasteiger partial charge >= 0.3 is 5.97 Å². The molecule has 0 bridgehead atoms. The maximum Gasteiger partial charge on any atom is 0.328 e. The number of carbonyl (C=O) groups excluding carboxylic acids is 3. The molecule has 220 valence electrons. The molecule has 0 fully saturated rings. The summed E-state index contributed by atoms with van der Waals surface area (Å²) in [5.41, 5.74) is 8.62. The zero-order valence-corrected chi connectivity index (χ0v) is 24.8. The van der Waals surface area contributed by atoms with E-state index in [-0.39, 0.29) is 41.8 Å². The quantitative estimate of drug-likeness (QED) is 0.294. The van der Waals surface area contributed by atoms with E-state index >= 15 is 0 Å². The first-order valence-electron chi connectivity index (χ1n) is 13.8. The Kier molecular flexibility index (Phi) is 8.46. The van der Waals surface area contributed by atoms with E-state index in [0.29, 0.717) is 53.4 Å². The molecule has 1 unspecified atom stereocenters. The molecule has 1 aromatic carbocycles. The number of rotatable bonds is 9. The lowest BCUT2D eigenvalue weighted by molar-refractivity contribution is -0.144. The van der Waals surface area contributed by atoms with Gasteiger partial charge in [-0.05, 0) is 44.4 Å². The van der Waals surface area contributed by atoms with Crippen molar-refractivity contribution in [2.45, 2.75) is 59.5 Å². The van der Waals surface area contributed by atoms with Crippen LogP contribution in [0.5, 0.6) is 11.5 Å². The van der Waals surface area contributed by atoms with E-state index in [1.165, 1.54) is 7.05 Å². The highest BCUT2D eigenvalue weighted by molar-refractivity contribution is 6.02. The molecule has 0 aliphatic carbocycles. The summed E-state index contributed by atoms with van der Waals surface area (Å²) in [6.45, 7) is 13.0. The van der Waals surface area contributed by atoms with Gasteiger partial charge in [0.25, 0.3) is 5.91 Å². The summed E-state index contributed by atoms with van der Waals surface area (Å²) in [4.78, 5) is 45.2. The molecule has 4 rings (SSSR count). The molecular formula is C30H39N5O6. The predicted molar refractivity (Wildman–Crippen MR) is 157 cm³/mol. The fourth-order valence-electron chi connectivity index (χ4n) is 4.97. The van der Waals surface area contributed by atoms with Crippen LogP contribution in [0.3, 0.4) is 0 Å². The summed E-state index contributed by atoms with van der Waals surface area (Å²) >= 11 is 0. The van der Waals surface area contributed by atoms with Crippen LogP contribution >= 0.6 is 0 Å². The fourth-order valence-corrected chi connectivity index (χ4v) is 4.97. The number of nitrogens with one attached hydrogen (secondary N) is 1. The number of fused-ring (bicyclic) bond motifs is 2. The van der Waals surface area contributed by atoms with Crippen LogP contribution in [0.1, 0.15) is 68.0 Å². The lowest BCUT2D eigenvalue weighted by Crippen LogP contribution is -2.45. The Morgan fingerprint density at radius 1 is 1.17 bits per heavy atom. The number of nitrogens with zero attached hydrogens (tertiary/aromatic N) is 3. The van der Waals surface area contributed by atoms with Crippen molar-refractivity contribution < 1.29 is 28.6 Å². The SMILES string of the molecule is CCOC(=O)C(C)N1CCOc2c1cc(C(=O)Cn1cc3cc(OCC)c(C(=O)NC)nc3c1N)cc2C(C)(C)C. The van der Waals surface area contributed by atoms with Crippen LogP contribution < -0.4 is 25.4 Å². The summed E-state index contributed by atoms with van der Waals surface area (Å²) in [5.74, 6) is 0.343. The Morgan fingerprint density at radius 2 is 1.90 bits per heavy atom. The van der Waals surface area contributed by atoms with Crippen molar-refractivity contribution in [2.75, 3.05) is 44.0 Å². The van der Waals surface area contributed by atoms with Gasteiger partial charge in [-0.3, -0.25) is 9.59 Å². The Hall–Kier alpha value is -4.28. The molecule has 3 aromatic rings. The maximum atomic E-state index is 13.8. The van der Waals surface area contributed by atoms with E-state index in [4.69, 9.17) is 19.9 Å². The molecule has 1 aliphatic heterocycles. The number of carbonyl (C=O) groups is 3. The monoisotopic (exact) mass is 565 g/mol. The molecule has 1 amide bonds. The first kappa shape index (κ1) is 29.7. The third-order valence-electron chi connectivity index (χ3n) is 7.10. The smallest absolute Gasteiger partial charge is 0.328 e. The number of nitrogens with two attached hydrogens (primary N) is 1. The fraction of sp³-hybridized carbons (Fsp3) is 0.467. The van der Waals surface area contributed by atoms with Gasteiger partial charge in [-0.2, -0.15) is 0 Å². The summed E-state index contributed by atoms with van der Waals surface area (Å²) in [7, 11) is 1.52. The average molecular weight is 566 g/mol. The largest absolute Gasteiger partial charge is 0.491 e. The van der Waals surface area contributed by atoms with Gasteiger partial charge in [-0.1, -0.05) is 20.8 Å². The van der Waals surface area contributed by atoms with Gasteiger partial charge in [0.05, 0.1) is 32.0 Å². The highest BCUT2D eigenvalue weighted by Gasteiger charge is 2.33. The van der Waals surface area contributed by atoms with Crippen molar-refractivity contribution in [3.8, 4) is 11.5 Å². The lowest BCUT2D eigenvalue weighted by atomic mass is 9.84. The number of esters is 1. The molecule has 3 N–H and O–H groups in total. The average Bonchev–Trinajstić information content (AvgIpc) is 3.24. The molecule has 2 aromatic heterocycles. The third-order valence-corrected chi connectivity index (χ3v) is 7.10. The minimum atomic E-state index is -0.554. The minimum absolute atomic E-state index is 0.0574. The van der Waals surface area contributed by atoms with Crippen LogP contribution in [-0.4, -0.2) is 66.7 Å². The first-order chi connectivity index (χ1) is 19.4. The van der Waals surface area contributed by atoms with E-state index in [1.54, 1.807) is 36.7 Å². The molecule has 11 heteroatoms. The van der Waals surface area contributed by atoms with Gasteiger partial charge in [0.1, 0.15) is 29.7 Å². The van der Waals surface area contributed by atoms with E-state index in [9.17, 15) is 14.4 Å². The van der Waals surface area contributed by atoms with E-state index in [2.05, 4.69) is 31.1 Å². The standard InChI is InChI=1S/C30H39N5O6/c1-8-39-23-14-19-15-34(27(31)24(19)33-25(23)28(37)32-7)16-22(36)18-12-20(30(4,5)6)26-21(13-18)35(10-11-41-26)17(3)29(38)40-9-2/h12-15,17H,8-11,16,31H2,1-7H3,(H,32,37). The number of benzene rings is 1. The second-order valence-corrected chi connectivity index (χ2v) is 10.9. The molecule has 0 saturated carbocycles. The third kappa shape index (κ3) is 5.79. The maximum absolute atomic E-state index is 13.8. The number of nitrogen functional groups attached to an aromatic ring is 1. The summed E-state index contributed by atoms with van der Waals surface area (Å²) < 4.78 is 18.6. The van der Waals surface area contributed by atoms with Gasteiger partial charge in [-0.15, -0.1) is 0 Å². The number of ketones is 1. The van der Waals surface area contributed by atoms with Crippen LogP contribution in [0.4, 0.5) is 11.5 Å². The van der Waals surface area contributed by atoms with Crippen molar-refractivity contribution in [3.63, 3.8) is 0 Å². The molecule has 1 atom stereocenters. The molecular weight excluding hydrogens is 526 g/mol. The molecule has 0 saturated heterocycles. The van der Waals surface area contributed by atoms with Gasteiger partial charge < -0.3 is 34.7 Å². The number of anilines is 2. The molecule has 0 spiro atoms. The lowest BCUT2D eigenvalue weighted by Gasteiger charge is -2.37. The number of hydrogen-bond donors (Lipinski definition) is 2.